The standard InChI is InChI=1S/C19H32N4O.HI/c1-4-20-19(22-16(2)15-24-3)21-14-18(23-12-8-9-13-23)17-10-6-5-7-11-17;/h5-7,10-11,16,18H,4,8-9,12-15H2,1-3H3,(H2,20,21,22);1H. The third-order valence-corrected chi connectivity index (χ3v) is 4.33. The van der Waals surface area contributed by atoms with Gasteiger partial charge in [-0.25, -0.2) is 0 Å². The SMILES string of the molecule is CCNC(=NCC(c1ccccc1)N1CCCC1)NC(C)COC.I. The second-order valence-corrected chi connectivity index (χ2v) is 6.39. The summed E-state index contributed by atoms with van der Waals surface area (Å²) in [5, 5.41) is 6.75. The minimum absolute atomic E-state index is 0. The van der Waals surface area contributed by atoms with Gasteiger partial charge in [0, 0.05) is 19.7 Å². The van der Waals surface area contributed by atoms with E-state index in [0.29, 0.717) is 12.6 Å². The van der Waals surface area contributed by atoms with Crippen molar-refractivity contribution in [3.05, 3.63) is 35.9 Å². The molecule has 0 aliphatic carbocycles. The molecule has 0 aromatic heterocycles. The van der Waals surface area contributed by atoms with Gasteiger partial charge in [-0.05, 0) is 45.3 Å². The lowest BCUT2D eigenvalue weighted by Gasteiger charge is -2.27. The third-order valence-electron chi connectivity index (χ3n) is 4.33. The predicted molar refractivity (Wildman–Crippen MR) is 116 cm³/mol. The van der Waals surface area contributed by atoms with E-state index in [1.165, 1.54) is 31.5 Å². The van der Waals surface area contributed by atoms with Crippen molar-refractivity contribution in [2.75, 3.05) is 39.9 Å². The number of aliphatic imine (C=N–C) groups is 1. The number of guanidine groups is 1. The number of hydrogen-bond donors (Lipinski definition) is 2. The van der Waals surface area contributed by atoms with Crippen molar-refractivity contribution in [1.29, 1.82) is 0 Å². The lowest BCUT2D eigenvalue weighted by Crippen LogP contribution is -2.44. The highest BCUT2D eigenvalue weighted by Gasteiger charge is 2.23. The number of rotatable bonds is 8. The molecule has 2 atom stereocenters. The smallest absolute Gasteiger partial charge is 0.191 e. The summed E-state index contributed by atoms with van der Waals surface area (Å²) in [5.41, 5.74) is 1.35. The van der Waals surface area contributed by atoms with E-state index in [-0.39, 0.29) is 30.0 Å². The molecule has 6 heteroatoms. The molecule has 1 saturated heterocycles. The topological polar surface area (TPSA) is 48.9 Å². The van der Waals surface area contributed by atoms with E-state index in [1.807, 2.05) is 0 Å². The quantitative estimate of drug-likeness (QED) is 0.356. The van der Waals surface area contributed by atoms with Crippen molar-refractivity contribution >= 4 is 29.9 Å². The largest absolute Gasteiger partial charge is 0.383 e. The van der Waals surface area contributed by atoms with E-state index in [2.05, 4.69) is 59.7 Å². The van der Waals surface area contributed by atoms with Gasteiger partial charge in [-0.2, -0.15) is 0 Å². The first-order valence-electron chi connectivity index (χ1n) is 9.07. The molecule has 1 fully saturated rings. The number of nitrogens with one attached hydrogen (secondary N) is 2. The van der Waals surface area contributed by atoms with Gasteiger partial charge in [-0.1, -0.05) is 30.3 Å². The average Bonchev–Trinajstić information content (AvgIpc) is 3.10. The van der Waals surface area contributed by atoms with E-state index in [0.717, 1.165) is 19.0 Å². The van der Waals surface area contributed by atoms with Crippen LogP contribution >= 0.6 is 24.0 Å². The van der Waals surface area contributed by atoms with Gasteiger partial charge in [0.2, 0.25) is 0 Å². The summed E-state index contributed by atoms with van der Waals surface area (Å²) in [6.07, 6.45) is 2.58. The van der Waals surface area contributed by atoms with Crippen LogP contribution in [0.5, 0.6) is 0 Å². The summed E-state index contributed by atoms with van der Waals surface area (Å²) in [6, 6.07) is 11.3. The molecule has 0 saturated carbocycles. The highest BCUT2D eigenvalue weighted by atomic mass is 127. The summed E-state index contributed by atoms with van der Waals surface area (Å²) < 4.78 is 5.21. The van der Waals surface area contributed by atoms with Gasteiger partial charge >= 0.3 is 0 Å². The Morgan fingerprint density at radius 1 is 1.24 bits per heavy atom. The van der Waals surface area contributed by atoms with E-state index >= 15 is 0 Å². The van der Waals surface area contributed by atoms with Crippen LogP contribution in [0.1, 0.15) is 38.3 Å². The number of hydrogen-bond acceptors (Lipinski definition) is 3. The maximum Gasteiger partial charge on any atom is 0.191 e. The first-order chi connectivity index (χ1) is 11.7. The van der Waals surface area contributed by atoms with Crippen LogP contribution in [-0.4, -0.2) is 56.8 Å². The van der Waals surface area contributed by atoms with Crippen molar-refractivity contribution in [3.8, 4) is 0 Å². The number of benzene rings is 1. The van der Waals surface area contributed by atoms with E-state index in [9.17, 15) is 0 Å². The maximum atomic E-state index is 5.21. The van der Waals surface area contributed by atoms with Crippen molar-refractivity contribution in [2.45, 2.75) is 38.8 Å². The maximum absolute atomic E-state index is 5.21. The van der Waals surface area contributed by atoms with Crippen LogP contribution in [0.4, 0.5) is 0 Å². The van der Waals surface area contributed by atoms with Crippen molar-refractivity contribution < 1.29 is 4.74 Å². The molecule has 142 valence electrons. The number of likely N-dealkylation sites (tertiary alicyclic amines) is 1. The normalized spacial score (nSPS) is 17.6. The van der Waals surface area contributed by atoms with Gasteiger partial charge in [-0.15, -0.1) is 24.0 Å². The molecule has 1 heterocycles. The zero-order valence-electron chi connectivity index (χ0n) is 15.7. The van der Waals surface area contributed by atoms with E-state index < -0.39 is 0 Å². The molecule has 2 N–H and O–H groups in total. The molecule has 1 aliphatic rings. The Balaban J connectivity index is 0.00000312. The van der Waals surface area contributed by atoms with Gasteiger partial charge in [0.25, 0.3) is 0 Å². The molecule has 0 amide bonds. The average molecular weight is 460 g/mol. The Hall–Kier alpha value is -0.860. The van der Waals surface area contributed by atoms with Gasteiger partial charge in [-0.3, -0.25) is 9.89 Å². The third kappa shape index (κ3) is 7.50. The van der Waals surface area contributed by atoms with E-state index in [1.54, 1.807) is 7.11 Å². The molecule has 25 heavy (non-hydrogen) atoms. The Labute approximate surface area is 169 Å². The summed E-state index contributed by atoms with van der Waals surface area (Å²) in [4.78, 5) is 7.41. The zero-order chi connectivity index (χ0) is 17.2. The Kier molecular flexibility index (Phi) is 11.1. The highest BCUT2D eigenvalue weighted by molar-refractivity contribution is 14.0. The second kappa shape index (κ2) is 12.5. The fraction of sp³-hybridized carbons (Fsp3) is 0.632. The molecule has 1 aromatic carbocycles. The molecule has 0 bridgehead atoms. The van der Waals surface area contributed by atoms with Gasteiger partial charge in [0.05, 0.1) is 19.2 Å². The molecular weight excluding hydrogens is 427 g/mol. The Morgan fingerprint density at radius 3 is 2.52 bits per heavy atom. The van der Waals surface area contributed by atoms with Gasteiger partial charge in [0.1, 0.15) is 0 Å². The predicted octanol–water partition coefficient (Wildman–Crippen LogP) is 3.03. The molecule has 1 aromatic rings. The summed E-state index contributed by atoms with van der Waals surface area (Å²) in [5.74, 6) is 0.863. The van der Waals surface area contributed by atoms with Crippen LogP contribution in [0.15, 0.2) is 35.3 Å². The molecule has 5 nitrogen and oxygen atoms in total. The molecule has 2 unspecified atom stereocenters. The van der Waals surface area contributed by atoms with Crippen LogP contribution in [0.25, 0.3) is 0 Å². The molecule has 0 radical (unpaired) electrons. The highest BCUT2D eigenvalue weighted by Crippen LogP contribution is 2.25. The summed E-state index contributed by atoms with van der Waals surface area (Å²) in [7, 11) is 1.72. The van der Waals surface area contributed by atoms with Crippen LogP contribution in [0, 0.1) is 0 Å². The van der Waals surface area contributed by atoms with Gasteiger partial charge < -0.3 is 15.4 Å². The van der Waals surface area contributed by atoms with Crippen molar-refractivity contribution in [1.82, 2.24) is 15.5 Å². The van der Waals surface area contributed by atoms with Crippen LogP contribution in [-0.2, 0) is 4.74 Å². The Morgan fingerprint density at radius 2 is 1.92 bits per heavy atom. The van der Waals surface area contributed by atoms with Crippen molar-refractivity contribution in [3.63, 3.8) is 0 Å². The molecule has 1 aliphatic heterocycles. The molecule has 0 spiro atoms. The molecule has 2 rings (SSSR count). The van der Waals surface area contributed by atoms with Crippen LogP contribution in [0.3, 0.4) is 0 Å². The zero-order valence-corrected chi connectivity index (χ0v) is 18.0. The fourth-order valence-corrected chi connectivity index (χ4v) is 3.18. The summed E-state index contributed by atoms with van der Waals surface area (Å²) >= 11 is 0. The lowest BCUT2D eigenvalue weighted by atomic mass is 10.1. The van der Waals surface area contributed by atoms with Crippen molar-refractivity contribution in [2.24, 2.45) is 4.99 Å². The fourth-order valence-electron chi connectivity index (χ4n) is 3.18. The first kappa shape index (κ1) is 22.2. The minimum atomic E-state index is 0. The second-order valence-electron chi connectivity index (χ2n) is 6.39. The number of halogens is 1. The number of nitrogens with zero attached hydrogens (tertiary/aromatic N) is 2. The number of methoxy groups -OCH3 is 1. The summed E-state index contributed by atoms with van der Waals surface area (Å²) in [6.45, 7) is 8.81. The monoisotopic (exact) mass is 460 g/mol. The first-order valence-corrected chi connectivity index (χ1v) is 9.07. The van der Waals surface area contributed by atoms with Crippen LogP contribution in [0.2, 0.25) is 0 Å². The Bertz CT molecular complexity index is 491. The molecular formula is C19H33IN4O. The van der Waals surface area contributed by atoms with E-state index in [4.69, 9.17) is 9.73 Å². The van der Waals surface area contributed by atoms with Gasteiger partial charge in [0.15, 0.2) is 5.96 Å². The minimum Gasteiger partial charge on any atom is -0.383 e. The van der Waals surface area contributed by atoms with Crippen LogP contribution < -0.4 is 10.6 Å². The number of ether oxygens (including phenoxy) is 1. The lowest BCUT2D eigenvalue weighted by molar-refractivity contribution is 0.179.